The monoisotopic (exact) mass is 282 g/mol. The number of nitrogens with one attached hydrogen (secondary N) is 1. The van der Waals surface area contributed by atoms with Crippen LogP contribution >= 0.6 is 0 Å². The summed E-state index contributed by atoms with van der Waals surface area (Å²) in [7, 11) is 1.75. The molecule has 3 rings (SSSR count). The summed E-state index contributed by atoms with van der Waals surface area (Å²) in [5.74, 6) is 0.317. The van der Waals surface area contributed by atoms with E-state index in [2.05, 4.69) is 20.4 Å². The highest BCUT2D eigenvalue weighted by atomic mass is 16.1. The summed E-state index contributed by atoms with van der Waals surface area (Å²) in [4.78, 5) is 20.7. The van der Waals surface area contributed by atoms with Crippen LogP contribution in [0.25, 0.3) is 11.0 Å². The number of rotatable bonds is 3. The topological polar surface area (TPSA) is 98.7 Å². The molecule has 0 aliphatic heterocycles. The molecule has 7 heteroatoms. The van der Waals surface area contributed by atoms with Gasteiger partial charge in [-0.2, -0.15) is 5.10 Å². The summed E-state index contributed by atoms with van der Waals surface area (Å²) in [5, 5.41) is 6.86. The van der Waals surface area contributed by atoms with Crippen molar-refractivity contribution in [3.63, 3.8) is 0 Å². The minimum absolute atomic E-state index is 0.218. The van der Waals surface area contributed by atoms with Crippen LogP contribution in [0.5, 0.6) is 0 Å². The number of carbonyl (C=O) groups is 1. The van der Waals surface area contributed by atoms with Crippen LogP contribution in [-0.2, 0) is 13.6 Å². The normalized spacial score (nSPS) is 10.7. The molecule has 1 amide bonds. The Morgan fingerprint density at radius 2 is 2.14 bits per heavy atom. The van der Waals surface area contributed by atoms with E-state index in [-0.39, 0.29) is 5.91 Å². The Morgan fingerprint density at radius 3 is 2.90 bits per heavy atom. The Kier molecular flexibility index (Phi) is 3.23. The van der Waals surface area contributed by atoms with Gasteiger partial charge in [0.1, 0.15) is 11.3 Å². The lowest BCUT2D eigenvalue weighted by atomic mass is 10.1. The number of nitrogens with two attached hydrogens (primary N) is 1. The van der Waals surface area contributed by atoms with Crippen LogP contribution in [-0.4, -0.2) is 25.7 Å². The van der Waals surface area contributed by atoms with Crippen LogP contribution in [0.15, 0.2) is 36.8 Å². The van der Waals surface area contributed by atoms with Gasteiger partial charge in [0.25, 0.3) is 5.91 Å². The molecule has 3 N–H and O–H groups in total. The van der Waals surface area contributed by atoms with Gasteiger partial charge in [0.05, 0.1) is 17.3 Å². The highest BCUT2D eigenvalue weighted by Crippen LogP contribution is 2.14. The van der Waals surface area contributed by atoms with Gasteiger partial charge in [0, 0.05) is 31.5 Å². The Balaban J connectivity index is 1.83. The van der Waals surface area contributed by atoms with Crippen molar-refractivity contribution in [1.82, 2.24) is 25.1 Å². The van der Waals surface area contributed by atoms with E-state index < -0.39 is 0 Å². The summed E-state index contributed by atoms with van der Waals surface area (Å²) in [5.41, 5.74) is 8.38. The van der Waals surface area contributed by atoms with E-state index in [0.29, 0.717) is 29.0 Å². The number of aryl methyl sites for hydroxylation is 1. The predicted octanol–water partition coefficient (Wildman–Crippen LogP) is 0.876. The third-order valence-corrected chi connectivity index (χ3v) is 3.25. The molecule has 2 heterocycles. The second-order valence-corrected chi connectivity index (χ2v) is 4.59. The first-order valence-electron chi connectivity index (χ1n) is 6.41. The largest absolute Gasteiger partial charge is 0.384 e. The molecule has 0 unspecified atom stereocenters. The van der Waals surface area contributed by atoms with Crippen molar-refractivity contribution in [3.8, 4) is 0 Å². The number of benzene rings is 1. The molecule has 0 bridgehead atoms. The predicted molar refractivity (Wildman–Crippen MR) is 78.3 cm³/mol. The Labute approximate surface area is 120 Å². The van der Waals surface area contributed by atoms with E-state index in [9.17, 15) is 4.79 Å². The lowest BCUT2D eigenvalue weighted by molar-refractivity contribution is 0.0952. The van der Waals surface area contributed by atoms with Gasteiger partial charge in [-0.3, -0.25) is 19.4 Å². The van der Waals surface area contributed by atoms with Crippen LogP contribution in [0.2, 0.25) is 0 Å². The van der Waals surface area contributed by atoms with Crippen molar-refractivity contribution in [2.75, 3.05) is 5.73 Å². The van der Waals surface area contributed by atoms with Gasteiger partial charge in [-0.15, -0.1) is 0 Å². The maximum Gasteiger partial charge on any atom is 0.253 e. The van der Waals surface area contributed by atoms with Gasteiger partial charge in [-0.25, -0.2) is 0 Å². The first-order chi connectivity index (χ1) is 10.2. The molecule has 0 atom stereocenters. The number of aromatic nitrogens is 4. The van der Waals surface area contributed by atoms with Crippen LogP contribution in [0.4, 0.5) is 5.82 Å². The highest BCUT2D eigenvalue weighted by Gasteiger charge is 2.12. The molecule has 2 aromatic heterocycles. The van der Waals surface area contributed by atoms with Crippen LogP contribution in [0, 0.1) is 0 Å². The zero-order valence-corrected chi connectivity index (χ0v) is 11.4. The number of nitrogen functional groups attached to an aromatic ring is 1. The molecule has 0 spiro atoms. The number of fused-ring (bicyclic) bond motifs is 1. The fraction of sp³-hybridized carbons (Fsp3) is 0.143. The molecule has 0 radical (unpaired) electrons. The maximum absolute atomic E-state index is 12.3. The van der Waals surface area contributed by atoms with E-state index >= 15 is 0 Å². The SMILES string of the molecule is Cn1ncc(CNC(=O)c2cccc3nccnc23)c1N. The third kappa shape index (κ3) is 2.40. The fourth-order valence-electron chi connectivity index (χ4n) is 2.08. The maximum atomic E-state index is 12.3. The third-order valence-electron chi connectivity index (χ3n) is 3.25. The minimum Gasteiger partial charge on any atom is -0.384 e. The van der Waals surface area contributed by atoms with Gasteiger partial charge < -0.3 is 11.1 Å². The van der Waals surface area contributed by atoms with Crippen molar-refractivity contribution in [2.24, 2.45) is 7.05 Å². The Hall–Kier alpha value is -2.96. The summed E-state index contributed by atoms with van der Waals surface area (Å²) in [6, 6.07) is 5.32. The van der Waals surface area contributed by atoms with Crippen molar-refractivity contribution in [2.45, 2.75) is 6.54 Å². The molecule has 3 aromatic rings. The average Bonchev–Trinajstić information content (AvgIpc) is 2.84. The highest BCUT2D eigenvalue weighted by molar-refractivity contribution is 6.04. The molecule has 0 aliphatic rings. The van der Waals surface area contributed by atoms with Crippen LogP contribution in [0.1, 0.15) is 15.9 Å². The second-order valence-electron chi connectivity index (χ2n) is 4.59. The van der Waals surface area contributed by atoms with Gasteiger partial charge in [-0.05, 0) is 12.1 Å². The summed E-state index contributed by atoms with van der Waals surface area (Å²) in [6.07, 6.45) is 4.80. The van der Waals surface area contributed by atoms with Gasteiger partial charge in [0.2, 0.25) is 0 Å². The molecule has 1 aromatic carbocycles. The molecular formula is C14H14N6O. The molecule has 0 saturated heterocycles. The van der Waals surface area contributed by atoms with Gasteiger partial charge in [0.15, 0.2) is 0 Å². The number of nitrogens with zero attached hydrogens (tertiary/aromatic N) is 4. The molecule has 106 valence electrons. The first-order valence-corrected chi connectivity index (χ1v) is 6.41. The summed E-state index contributed by atoms with van der Waals surface area (Å²) >= 11 is 0. The number of para-hydroxylation sites is 1. The van der Waals surface area contributed by atoms with Crippen molar-refractivity contribution >= 4 is 22.8 Å². The number of amides is 1. The fourth-order valence-corrected chi connectivity index (χ4v) is 2.08. The van der Waals surface area contributed by atoms with Crippen molar-refractivity contribution in [3.05, 3.63) is 47.9 Å². The van der Waals surface area contributed by atoms with Crippen molar-refractivity contribution in [1.29, 1.82) is 0 Å². The van der Waals surface area contributed by atoms with E-state index in [1.54, 1.807) is 42.5 Å². The molecule has 21 heavy (non-hydrogen) atoms. The average molecular weight is 282 g/mol. The lowest BCUT2D eigenvalue weighted by Crippen LogP contribution is -2.23. The zero-order valence-electron chi connectivity index (χ0n) is 11.4. The number of anilines is 1. The molecule has 0 fully saturated rings. The minimum atomic E-state index is -0.218. The summed E-state index contributed by atoms with van der Waals surface area (Å²) < 4.78 is 1.56. The van der Waals surface area contributed by atoms with E-state index in [0.717, 1.165) is 5.56 Å². The molecule has 0 aliphatic carbocycles. The standard InChI is InChI=1S/C14H14N6O/c1-20-13(15)9(8-19-20)7-18-14(21)10-3-2-4-11-12(10)17-6-5-16-11/h2-6,8H,7,15H2,1H3,(H,18,21). The first kappa shape index (κ1) is 13.0. The Morgan fingerprint density at radius 1 is 1.33 bits per heavy atom. The Bertz CT molecular complexity index is 805. The number of hydrogen-bond acceptors (Lipinski definition) is 5. The van der Waals surface area contributed by atoms with Crippen molar-refractivity contribution < 1.29 is 4.79 Å². The zero-order chi connectivity index (χ0) is 14.8. The quantitative estimate of drug-likeness (QED) is 0.743. The number of hydrogen-bond donors (Lipinski definition) is 2. The lowest BCUT2D eigenvalue weighted by Gasteiger charge is -2.06. The summed E-state index contributed by atoms with van der Waals surface area (Å²) in [6.45, 7) is 0.315. The van der Waals surface area contributed by atoms with Gasteiger partial charge >= 0.3 is 0 Å². The molecule has 7 nitrogen and oxygen atoms in total. The van der Waals surface area contributed by atoms with Gasteiger partial charge in [-0.1, -0.05) is 6.07 Å². The van der Waals surface area contributed by atoms with E-state index in [4.69, 9.17) is 5.73 Å². The van der Waals surface area contributed by atoms with Crippen LogP contribution < -0.4 is 11.1 Å². The molecule has 0 saturated carbocycles. The van der Waals surface area contributed by atoms with E-state index in [1.807, 2.05) is 6.07 Å². The number of carbonyl (C=O) groups excluding carboxylic acids is 1. The van der Waals surface area contributed by atoms with Crippen LogP contribution in [0.3, 0.4) is 0 Å². The second kappa shape index (κ2) is 5.20. The van der Waals surface area contributed by atoms with E-state index in [1.165, 1.54) is 0 Å². The molecular weight excluding hydrogens is 268 g/mol. The smallest absolute Gasteiger partial charge is 0.253 e.